The van der Waals surface area contributed by atoms with E-state index in [4.69, 9.17) is 14.2 Å². The van der Waals surface area contributed by atoms with Crippen LogP contribution >= 0.6 is 0 Å². The Morgan fingerprint density at radius 1 is 0.885 bits per heavy atom. The fourth-order valence-electron chi connectivity index (χ4n) is 2.85. The van der Waals surface area contributed by atoms with Crippen molar-refractivity contribution >= 4 is 16.7 Å². The van der Waals surface area contributed by atoms with Crippen molar-refractivity contribution < 1.29 is 19.0 Å². The zero-order chi connectivity index (χ0) is 18.5. The van der Waals surface area contributed by atoms with Crippen LogP contribution in [0.2, 0.25) is 0 Å². The first kappa shape index (κ1) is 17.6. The second kappa shape index (κ2) is 7.78. The number of carbonyl (C=O) groups excluding carboxylic acids is 1. The molecule has 0 aliphatic rings. The van der Waals surface area contributed by atoms with Gasteiger partial charge >= 0.3 is 0 Å². The molecule has 0 aliphatic carbocycles. The second-order valence-electron chi connectivity index (χ2n) is 5.77. The summed E-state index contributed by atoms with van der Waals surface area (Å²) in [6.45, 7) is 0.418. The first-order valence-corrected chi connectivity index (χ1v) is 8.22. The van der Waals surface area contributed by atoms with Gasteiger partial charge in [-0.05, 0) is 46.7 Å². The fraction of sp³-hybridized carbons (Fsp3) is 0.190. The average molecular weight is 351 g/mol. The van der Waals surface area contributed by atoms with Gasteiger partial charge in [0.25, 0.3) is 5.91 Å². The molecule has 0 radical (unpaired) electrons. The average Bonchev–Trinajstić information content (AvgIpc) is 2.70. The lowest BCUT2D eigenvalue weighted by atomic mass is 10.1. The van der Waals surface area contributed by atoms with Crippen molar-refractivity contribution in [1.82, 2.24) is 5.32 Å². The van der Waals surface area contributed by atoms with Gasteiger partial charge in [0.05, 0.1) is 26.9 Å². The van der Waals surface area contributed by atoms with Gasteiger partial charge in [-0.15, -0.1) is 0 Å². The van der Waals surface area contributed by atoms with Gasteiger partial charge in [0.15, 0.2) is 11.5 Å². The normalized spacial score (nSPS) is 10.4. The molecule has 5 heteroatoms. The van der Waals surface area contributed by atoms with E-state index in [-0.39, 0.29) is 5.91 Å². The van der Waals surface area contributed by atoms with Crippen molar-refractivity contribution in [2.75, 3.05) is 21.3 Å². The first-order chi connectivity index (χ1) is 12.7. The molecule has 0 fully saturated rings. The zero-order valence-corrected chi connectivity index (χ0v) is 15.0. The largest absolute Gasteiger partial charge is 0.497 e. The van der Waals surface area contributed by atoms with Crippen LogP contribution in [0.15, 0.2) is 54.6 Å². The summed E-state index contributed by atoms with van der Waals surface area (Å²) in [6, 6.07) is 17.2. The summed E-state index contributed by atoms with van der Waals surface area (Å²) in [7, 11) is 4.72. The van der Waals surface area contributed by atoms with Crippen LogP contribution in [0.25, 0.3) is 10.8 Å². The van der Waals surface area contributed by atoms with E-state index in [1.165, 1.54) is 7.11 Å². The number of carbonyl (C=O) groups is 1. The summed E-state index contributed by atoms with van der Waals surface area (Å²) < 4.78 is 15.8. The molecule has 0 bridgehead atoms. The Morgan fingerprint density at radius 2 is 1.65 bits per heavy atom. The van der Waals surface area contributed by atoms with Gasteiger partial charge in [-0.2, -0.15) is 0 Å². The minimum atomic E-state index is -0.212. The van der Waals surface area contributed by atoms with Crippen LogP contribution in [-0.4, -0.2) is 27.2 Å². The van der Waals surface area contributed by atoms with Gasteiger partial charge in [-0.3, -0.25) is 4.79 Å². The highest BCUT2D eigenvalue weighted by Crippen LogP contribution is 2.30. The maximum atomic E-state index is 12.5. The summed E-state index contributed by atoms with van der Waals surface area (Å²) in [5.41, 5.74) is 1.45. The van der Waals surface area contributed by atoms with E-state index < -0.39 is 0 Å². The molecule has 26 heavy (non-hydrogen) atoms. The Morgan fingerprint density at radius 3 is 2.38 bits per heavy atom. The van der Waals surface area contributed by atoms with Gasteiger partial charge in [0.2, 0.25) is 0 Å². The molecule has 0 atom stereocenters. The molecule has 0 spiro atoms. The van der Waals surface area contributed by atoms with E-state index >= 15 is 0 Å². The van der Waals surface area contributed by atoms with Crippen molar-refractivity contribution in [2.45, 2.75) is 6.54 Å². The molecule has 0 aromatic heterocycles. The Labute approximate surface area is 152 Å². The Balaban J connectivity index is 1.76. The summed E-state index contributed by atoms with van der Waals surface area (Å²) in [5, 5.41) is 5.11. The lowest BCUT2D eigenvalue weighted by molar-refractivity contribution is 0.0947. The SMILES string of the molecule is COc1ccc2cc(CNC(=O)c3cccc(OC)c3OC)ccc2c1. The van der Waals surface area contributed by atoms with E-state index in [0.717, 1.165) is 22.1 Å². The first-order valence-electron chi connectivity index (χ1n) is 8.22. The van der Waals surface area contributed by atoms with Crippen LogP contribution in [0.5, 0.6) is 17.2 Å². The molecule has 5 nitrogen and oxygen atoms in total. The lowest BCUT2D eigenvalue weighted by Crippen LogP contribution is -2.23. The summed E-state index contributed by atoms with van der Waals surface area (Å²) in [4.78, 5) is 12.5. The second-order valence-corrected chi connectivity index (χ2v) is 5.77. The molecule has 0 unspecified atom stereocenters. The maximum Gasteiger partial charge on any atom is 0.255 e. The molecule has 3 aromatic carbocycles. The van der Waals surface area contributed by atoms with Crippen molar-refractivity contribution in [3.63, 3.8) is 0 Å². The molecular weight excluding hydrogens is 330 g/mol. The molecule has 0 saturated carbocycles. The third kappa shape index (κ3) is 3.57. The van der Waals surface area contributed by atoms with Crippen LogP contribution in [-0.2, 0) is 6.54 Å². The van der Waals surface area contributed by atoms with Crippen LogP contribution in [0.3, 0.4) is 0 Å². The molecule has 1 N–H and O–H groups in total. The third-order valence-electron chi connectivity index (χ3n) is 4.21. The van der Waals surface area contributed by atoms with Crippen molar-refractivity contribution in [1.29, 1.82) is 0 Å². The lowest BCUT2D eigenvalue weighted by Gasteiger charge is -2.13. The Bertz CT molecular complexity index is 936. The number of ether oxygens (including phenoxy) is 3. The number of benzene rings is 3. The highest BCUT2D eigenvalue weighted by molar-refractivity contribution is 5.97. The van der Waals surface area contributed by atoms with E-state index in [2.05, 4.69) is 11.4 Å². The molecule has 0 saturated heterocycles. The fourth-order valence-corrected chi connectivity index (χ4v) is 2.85. The molecular formula is C21H21NO4. The third-order valence-corrected chi connectivity index (χ3v) is 4.21. The highest BCUT2D eigenvalue weighted by Gasteiger charge is 2.16. The zero-order valence-electron chi connectivity index (χ0n) is 15.0. The molecule has 3 aromatic rings. The Kier molecular flexibility index (Phi) is 5.27. The quantitative estimate of drug-likeness (QED) is 0.734. The van der Waals surface area contributed by atoms with Crippen molar-refractivity contribution in [2.24, 2.45) is 0 Å². The summed E-state index contributed by atoms with van der Waals surface area (Å²) in [6.07, 6.45) is 0. The van der Waals surface area contributed by atoms with Crippen LogP contribution < -0.4 is 19.5 Å². The number of amides is 1. The number of hydrogen-bond acceptors (Lipinski definition) is 4. The predicted molar refractivity (Wildman–Crippen MR) is 101 cm³/mol. The molecule has 1 amide bonds. The Hall–Kier alpha value is -3.21. The molecule has 0 heterocycles. The maximum absolute atomic E-state index is 12.5. The van der Waals surface area contributed by atoms with Crippen molar-refractivity contribution in [3.05, 3.63) is 65.7 Å². The minimum Gasteiger partial charge on any atom is -0.497 e. The van der Waals surface area contributed by atoms with Gasteiger partial charge in [-0.25, -0.2) is 0 Å². The molecule has 0 aliphatic heterocycles. The van der Waals surface area contributed by atoms with Gasteiger partial charge < -0.3 is 19.5 Å². The van der Waals surface area contributed by atoms with E-state index in [1.54, 1.807) is 32.4 Å². The molecule has 3 rings (SSSR count). The van der Waals surface area contributed by atoms with E-state index in [9.17, 15) is 4.79 Å². The van der Waals surface area contributed by atoms with Crippen LogP contribution in [0.1, 0.15) is 15.9 Å². The van der Waals surface area contributed by atoms with Gasteiger partial charge in [-0.1, -0.05) is 24.3 Å². The van der Waals surface area contributed by atoms with E-state index in [0.29, 0.717) is 23.6 Å². The minimum absolute atomic E-state index is 0.212. The van der Waals surface area contributed by atoms with Crippen LogP contribution in [0, 0.1) is 0 Å². The number of hydrogen-bond donors (Lipinski definition) is 1. The number of fused-ring (bicyclic) bond motifs is 1. The van der Waals surface area contributed by atoms with Crippen LogP contribution in [0.4, 0.5) is 0 Å². The molecule has 134 valence electrons. The highest BCUT2D eigenvalue weighted by atomic mass is 16.5. The number of para-hydroxylation sites is 1. The van der Waals surface area contributed by atoms with E-state index in [1.807, 2.05) is 30.3 Å². The van der Waals surface area contributed by atoms with Crippen molar-refractivity contribution in [3.8, 4) is 17.2 Å². The standard InChI is InChI=1S/C21H21NO4/c1-24-17-10-9-15-11-14(7-8-16(15)12-17)13-22-21(23)18-5-4-6-19(25-2)20(18)26-3/h4-12H,13H2,1-3H3,(H,22,23). The number of nitrogens with one attached hydrogen (secondary N) is 1. The number of methoxy groups -OCH3 is 3. The smallest absolute Gasteiger partial charge is 0.255 e. The topological polar surface area (TPSA) is 56.8 Å². The van der Waals surface area contributed by atoms with Gasteiger partial charge in [0, 0.05) is 6.54 Å². The summed E-state index contributed by atoms with van der Waals surface area (Å²) in [5.74, 6) is 1.57. The predicted octanol–water partition coefficient (Wildman–Crippen LogP) is 3.80. The monoisotopic (exact) mass is 351 g/mol. The number of rotatable bonds is 6. The summed E-state index contributed by atoms with van der Waals surface area (Å²) >= 11 is 0. The van der Waals surface area contributed by atoms with Gasteiger partial charge in [0.1, 0.15) is 5.75 Å².